The minimum atomic E-state index is 0.161. The zero-order valence-electron chi connectivity index (χ0n) is 9.67. The molecule has 1 aliphatic rings. The third-order valence-corrected chi connectivity index (χ3v) is 2.90. The van der Waals surface area contributed by atoms with E-state index in [1.165, 1.54) is 0 Å². The Balaban J connectivity index is 1.81. The van der Waals surface area contributed by atoms with Crippen molar-refractivity contribution < 1.29 is 0 Å². The van der Waals surface area contributed by atoms with Gasteiger partial charge in [-0.3, -0.25) is 0 Å². The largest absolute Gasteiger partial charge is 0.344 e. The van der Waals surface area contributed by atoms with Crippen molar-refractivity contribution in [3.05, 3.63) is 30.1 Å². The highest BCUT2D eigenvalue weighted by atomic mass is 15.4. The molecule has 3 heterocycles. The molecule has 0 spiro atoms. The summed E-state index contributed by atoms with van der Waals surface area (Å²) < 4.78 is 1.94. The number of anilines is 1. The molecule has 0 aliphatic carbocycles. The molecular weight excluding hydrogens is 216 g/mol. The molecule has 0 amide bonds. The third kappa shape index (κ3) is 1.98. The molecule has 3 rings (SSSR count). The van der Waals surface area contributed by atoms with Gasteiger partial charge in [0.05, 0.1) is 6.04 Å². The van der Waals surface area contributed by atoms with Gasteiger partial charge in [-0.05, 0) is 25.3 Å². The second kappa shape index (κ2) is 4.12. The van der Waals surface area contributed by atoms with E-state index in [-0.39, 0.29) is 6.04 Å². The van der Waals surface area contributed by atoms with Crippen LogP contribution in [0.25, 0.3) is 0 Å². The van der Waals surface area contributed by atoms with Crippen molar-refractivity contribution in [2.45, 2.75) is 32.4 Å². The average Bonchev–Trinajstić information content (AvgIpc) is 2.81. The van der Waals surface area contributed by atoms with Crippen LogP contribution in [-0.2, 0) is 6.54 Å². The Labute approximate surface area is 99.1 Å². The van der Waals surface area contributed by atoms with Crippen LogP contribution in [0, 0.1) is 6.92 Å². The minimum absolute atomic E-state index is 0.161. The van der Waals surface area contributed by atoms with Crippen molar-refractivity contribution >= 4 is 5.95 Å². The van der Waals surface area contributed by atoms with E-state index in [1.54, 1.807) is 6.33 Å². The molecule has 0 saturated heterocycles. The summed E-state index contributed by atoms with van der Waals surface area (Å²) in [4.78, 5) is 12.8. The maximum absolute atomic E-state index is 4.29. The Hall–Kier alpha value is -1.98. The Morgan fingerprint density at radius 1 is 1.29 bits per heavy atom. The van der Waals surface area contributed by atoms with Crippen LogP contribution in [0.1, 0.15) is 30.3 Å². The van der Waals surface area contributed by atoms with E-state index in [9.17, 15) is 0 Å². The Morgan fingerprint density at radius 3 is 2.94 bits per heavy atom. The van der Waals surface area contributed by atoms with E-state index in [1.807, 2.05) is 24.0 Å². The van der Waals surface area contributed by atoms with Crippen LogP contribution in [0.5, 0.6) is 0 Å². The quantitative estimate of drug-likeness (QED) is 0.842. The van der Waals surface area contributed by atoms with Gasteiger partial charge < -0.3 is 5.32 Å². The van der Waals surface area contributed by atoms with E-state index in [0.717, 1.165) is 30.8 Å². The highest BCUT2D eigenvalue weighted by molar-refractivity contribution is 5.28. The average molecular weight is 230 g/mol. The number of aromatic nitrogens is 5. The second-order valence-electron chi connectivity index (χ2n) is 4.26. The molecule has 6 nitrogen and oxygen atoms in total. The van der Waals surface area contributed by atoms with Crippen LogP contribution in [0.15, 0.2) is 18.7 Å². The molecule has 2 aromatic heterocycles. The number of fused-ring (bicyclic) bond motifs is 1. The van der Waals surface area contributed by atoms with Gasteiger partial charge in [0.1, 0.15) is 12.2 Å². The summed E-state index contributed by atoms with van der Waals surface area (Å²) in [5, 5.41) is 7.49. The van der Waals surface area contributed by atoms with Crippen molar-refractivity contribution in [1.29, 1.82) is 0 Å². The van der Waals surface area contributed by atoms with E-state index < -0.39 is 0 Å². The van der Waals surface area contributed by atoms with Crippen LogP contribution < -0.4 is 5.32 Å². The van der Waals surface area contributed by atoms with Crippen LogP contribution >= 0.6 is 0 Å². The lowest BCUT2D eigenvalue weighted by Crippen LogP contribution is -2.23. The van der Waals surface area contributed by atoms with Crippen molar-refractivity contribution in [2.75, 3.05) is 5.32 Å². The van der Waals surface area contributed by atoms with E-state index in [2.05, 4.69) is 25.4 Å². The summed E-state index contributed by atoms with van der Waals surface area (Å²) in [6.07, 6.45) is 7.35. The number of aryl methyl sites for hydroxylation is 2. The summed E-state index contributed by atoms with van der Waals surface area (Å²) in [6.45, 7) is 2.92. The van der Waals surface area contributed by atoms with Gasteiger partial charge in [0, 0.05) is 18.9 Å². The molecule has 17 heavy (non-hydrogen) atoms. The summed E-state index contributed by atoms with van der Waals surface area (Å²) in [7, 11) is 0. The normalized spacial score (nSPS) is 18.8. The maximum Gasteiger partial charge on any atom is 0.223 e. The van der Waals surface area contributed by atoms with Crippen LogP contribution in [0.3, 0.4) is 0 Å². The molecule has 0 radical (unpaired) electrons. The SMILES string of the molecule is Cc1cnc(NC2CCCn3ncnc32)nc1. The Kier molecular flexibility index (Phi) is 2.47. The fourth-order valence-electron chi connectivity index (χ4n) is 2.05. The smallest absolute Gasteiger partial charge is 0.223 e. The van der Waals surface area contributed by atoms with Crippen molar-refractivity contribution in [3.63, 3.8) is 0 Å². The van der Waals surface area contributed by atoms with Crippen LogP contribution in [0.4, 0.5) is 5.95 Å². The number of nitrogens with zero attached hydrogens (tertiary/aromatic N) is 5. The molecular formula is C11H14N6. The first kappa shape index (κ1) is 10.2. The lowest BCUT2D eigenvalue weighted by Gasteiger charge is -2.22. The molecule has 1 unspecified atom stereocenters. The minimum Gasteiger partial charge on any atom is -0.344 e. The molecule has 1 aliphatic heterocycles. The zero-order valence-corrected chi connectivity index (χ0v) is 9.67. The maximum atomic E-state index is 4.29. The van der Waals surface area contributed by atoms with Gasteiger partial charge in [-0.15, -0.1) is 0 Å². The van der Waals surface area contributed by atoms with Gasteiger partial charge in [-0.1, -0.05) is 0 Å². The second-order valence-corrected chi connectivity index (χ2v) is 4.26. The molecule has 0 bridgehead atoms. The summed E-state index contributed by atoms with van der Waals surface area (Å²) >= 11 is 0. The highest BCUT2D eigenvalue weighted by Gasteiger charge is 2.22. The van der Waals surface area contributed by atoms with Gasteiger partial charge in [-0.25, -0.2) is 19.6 Å². The monoisotopic (exact) mass is 230 g/mol. The third-order valence-electron chi connectivity index (χ3n) is 2.90. The number of rotatable bonds is 2. The molecule has 2 aromatic rings. The van der Waals surface area contributed by atoms with Gasteiger partial charge in [0.15, 0.2) is 0 Å². The van der Waals surface area contributed by atoms with Gasteiger partial charge >= 0.3 is 0 Å². The Morgan fingerprint density at radius 2 is 2.12 bits per heavy atom. The van der Waals surface area contributed by atoms with Crippen molar-refractivity contribution in [2.24, 2.45) is 0 Å². The van der Waals surface area contributed by atoms with Gasteiger partial charge in [0.25, 0.3) is 0 Å². The summed E-state index contributed by atoms with van der Waals surface area (Å²) in [5.74, 6) is 1.62. The first-order valence-electron chi connectivity index (χ1n) is 5.76. The van der Waals surface area contributed by atoms with Gasteiger partial charge in [0.2, 0.25) is 5.95 Å². The molecule has 0 aromatic carbocycles. The van der Waals surface area contributed by atoms with Crippen molar-refractivity contribution in [1.82, 2.24) is 24.7 Å². The predicted molar refractivity (Wildman–Crippen MR) is 62.4 cm³/mol. The number of nitrogens with one attached hydrogen (secondary N) is 1. The standard InChI is InChI=1S/C11H14N6/c1-8-5-12-11(13-6-8)16-9-3-2-4-17-10(9)14-7-15-17/h5-7,9H,2-4H2,1H3,(H,12,13,16). The molecule has 88 valence electrons. The van der Waals surface area contributed by atoms with Crippen molar-refractivity contribution in [3.8, 4) is 0 Å². The summed E-state index contributed by atoms with van der Waals surface area (Å²) in [5.41, 5.74) is 1.06. The molecule has 1 atom stereocenters. The summed E-state index contributed by atoms with van der Waals surface area (Å²) in [6, 6.07) is 0.161. The first-order valence-corrected chi connectivity index (χ1v) is 5.76. The van der Waals surface area contributed by atoms with E-state index in [0.29, 0.717) is 5.95 Å². The fraction of sp³-hybridized carbons (Fsp3) is 0.455. The fourth-order valence-corrected chi connectivity index (χ4v) is 2.05. The molecule has 0 fully saturated rings. The van der Waals surface area contributed by atoms with E-state index in [4.69, 9.17) is 0 Å². The number of hydrogen-bond acceptors (Lipinski definition) is 5. The lowest BCUT2D eigenvalue weighted by atomic mass is 10.1. The highest BCUT2D eigenvalue weighted by Crippen LogP contribution is 2.24. The first-order chi connectivity index (χ1) is 8.33. The Bertz CT molecular complexity index is 503. The van der Waals surface area contributed by atoms with Crippen LogP contribution in [0.2, 0.25) is 0 Å². The van der Waals surface area contributed by atoms with E-state index >= 15 is 0 Å². The van der Waals surface area contributed by atoms with Crippen LogP contribution in [-0.4, -0.2) is 24.7 Å². The predicted octanol–water partition coefficient (Wildman–Crippen LogP) is 1.32. The van der Waals surface area contributed by atoms with Gasteiger partial charge in [-0.2, -0.15) is 5.10 Å². The topological polar surface area (TPSA) is 68.5 Å². The number of hydrogen-bond donors (Lipinski definition) is 1. The molecule has 0 saturated carbocycles. The molecule has 6 heteroatoms. The molecule has 1 N–H and O–H groups in total. The zero-order chi connectivity index (χ0) is 11.7. The lowest BCUT2D eigenvalue weighted by molar-refractivity contribution is 0.436.